The molecule has 3 atom stereocenters. The molecule has 1 saturated carbocycles. The van der Waals surface area contributed by atoms with Crippen molar-refractivity contribution in [2.45, 2.75) is 57.6 Å². The molecular formula is C16H25NO. The van der Waals surface area contributed by atoms with Gasteiger partial charge in [-0.15, -0.1) is 0 Å². The van der Waals surface area contributed by atoms with Gasteiger partial charge in [0.05, 0.1) is 0 Å². The normalized spacial score (nSPS) is 25.1. The monoisotopic (exact) mass is 247 g/mol. The molecule has 0 aromatic heterocycles. The molecule has 2 nitrogen and oxygen atoms in total. The van der Waals surface area contributed by atoms with Crippen molar-refractivity contribution in [3.8, 4) is 5.75 Å². The van der Waals surface area contributed by atoms with Crippen LogP contribution >= 0.6 is 0 Å². The van der Waals surface area contributed by atoms with Crippen molar-refractivity contribution in [2.75, 3.05) is 7.05 Å². The molecule has 1 aromatic rings. The smallest absolute Gasteiger partial charge is 0.123 e. The van der Waals surface area contributed by atoms with Crippen LogP contribution in [0, 0.1) is 0 Å². The Morgan fingerprint density at radius 1 is 1.33 bits per heavy atom. The highest BCUT2D eigenvalue weighted by atomic mass is 16.5. The predicted octanol–water partition coefficient (Wildman–Crippen LogP) is 3.72. The molecule has 0 saturated heterocycles. The van der Waals surface area contributed by atoms with Gasteiger partial charge in [-0.05, 0) is 50.3 Å². The minimum absolute atomic E-state index is 0.334. The Kier molecular flexibility index (Phi) is 4.65. The van der Waals surface area contributed by atoms with Crippen molar-refractivity contribution < 1.29 is 4.74 Å². The van der Waals surface area contributed by atoms with E-state index in [1.807, 2.05) is 7.05 Å². The molecule has 100 valence electrons. The van der Waals surface area contributed by atoms with Crippen LogP contribution in [-0.2, 0) is 0 Å². The first kappa shape index (κ1) is 13.4. The highest BCUT2D eigenvalue weighted by Gasteiger charge is 2.28. The topological polar surface area (TPSA) is 21.3 Å². The van der Waals surface area contributed by atoms with E-state index in [0.717, 1.165) is 12.2 Å². The van der Waals surface area contributed by atoms with Crippen molar-refractivity contribution in [1.82, 2.24) is 5.32 Å². The zero-order valence-corrected chi connectivity index (χ0v) is 11.8. The fourth-order valence-corrected chi connectivity index (χ4v) is 2.78. The fraction of sp³-hybridized carbons (Fsp3) is 0.625. The highest BCUT2D eigenvalue weighted by molar-refractivity contribution is 5.36. The largest absolute Gasteiger partial charge is 0.489 e. The van der Waals surface area contributed by atoms with Crippen LogP contribution in [0.4, 0.5) is 0 Å². The number of likely N-dealkylation sites (N-methyl/N-ethyl adjacent to an activating group) is 1. The zero-order valence-electron chi connectivity index (χ0n) is 11.8. The van der Waals surface area contributed by atoms with Crippen molar-refractivity contribution in [2.24, 2.45) is 0 Å². The van der Waals surface area contributed by atoms with Gasteiger partial charge in [0.2, 0.25) is 0 Å². The van der Waals surface area contributed by atoms with Crippen LogP contribution in [0.15, 0.2) is 24.3 Å². The molecule has 3 unspecified atom stereocenters. The average Bonchev–Trinajstić information content (AvgIpc) is 2.86. The summed E-state index contributed by atoms with van der Waals surface area (Å²) in [7, 11) is 2.03. The maximum absolute atomic E-state index is 6.27. The summed E-state index contributed by atoms with van der Waals surface area (Å²) in [5.41, 5.74) is 1.35. The number of nitrogens with one attached hydrogen (secondary N) is 1. The third kappa shape index (κ3) is 2.86. The first-order valence-electron chi connectivity index (χ1n) is 7.19. The molecule has 1 aliphatic carbocycles. The molecule has 2 rings (SSSR count). The van der Waals surface area contributed by atoms with E-state index in [1.165, 1.54) is 24.8 Å². The molecule has 2 heteroatoms. The summed E-state index contributed by atoms with van der Waals surface area (Å²) in [5, 5.41) is 3.37. The lowest BCUT2D eigenvalue weighted by atomic mass is 9.98. The quantitative estimate of drug-likeness (QED) is 0.856. The Bertz CT molecular complexity index is 377. The third-order valence-electron chi connectivity index (χ3n) is 4.16. The SMILES string of the molecule is CCC(C)c1ccccc1OC1CCCC1NC. The molecule has 1 N–H and O–H groups in total. The van der Waals surface area contributed by atoms with E-state index in [2.05, 4.69) is 43.4 Å². The second kappa shape index (κ2) is 6.24. The van der Waals surface area contributed by atoms with Gasteiger partial charge < -0.3 is 10.1 Å². The predicted molar refractivity (Wildman–Crippen MR) is 76.3 cm³/mol. The summed E-state index contributed by atoms with van der Waals surface area (Å²) >= 11 is 0. The molecule has 0 heterocycles. The van der Waals surface area contributed by atoms with Crippen LogP contribution in [0.1, 0.15) is 51.0 Å². The average molecular weight is 247 g/mol. The minimum atomic E-state index is 0.334. The van der Waals surface area contributed by atoms with Crippen molar-refractivity contribution in [3.63, 3.8) is 0 Å². The van der Waals surface area contributed by atoms with Gasteiger partial charge in [-0.2, -0.15) is 0 Å². The number of para-hydroxylation sites is 1. The van der Waals surface area contributed by atoms with E-state index in [1.54, 1.807) is 0 Å². The van der Waals surface area contributed by atoms with Crippen LogP contribution in [0.25, 0.3) is 0 Å². The van der Waals surface area contributed by atoms with E-state index in [0.29, 0.717) is 18.1 Å². The number of hydrogen-bond donors (Lipinski definition) is 1. The first-order valence-corrected chi connectivity index (χ1v) is 7.19. The van der Waals surface area contributed by atoms with Crippen LogP contribution in [0.3, 0.4) is 0 Å². The van der Waals surface area contributed by atoms with Gasteiger partial charge in [-0.3, -0.25) is 0 Å². The molecule has 0 bridgehead atoms. The molecule has 1 aliphatic rings. The van der Waals surface area contributed by atoms with E-state index in [9.17, 15) is 0 Å². The van der Waals surface area contributed by atoms with Gasteiger partial charge in [0, 0.05) is 6.04 Å². The molecule has 0 aliphatic heterocycles. The Hall–Kier alpha value is -1.02. The van der Waals surface area contributed by atoms with E-state index < -0.39 is 0 Å². The maximum Gasteiger partial charge on any atom is 0.123 e. The molecule has 0 amide bonds. The third-order valence-corrected chi connectivity index (χ3v) is 4.16. The second-order valence-electron chi connectivity index (χ2n) is 5.33. The lowest BCUT2D eigenvalue weighted by molar-refractivity contribution is 0.176. The van der Waals surface area contributed by atoms with Gasteiger partial charge in [0.25, 0.3) is 0 Å². The minimum Gasteiger partial charge on any atom is -0.489 e. The number of hydrogen-bond acceptors (Lipinski definition) is 2. The van der Waals surface area contributed by atoms with Crippen LogP contribution in [-0.4, -0.2) is 19.2 Å². The summed E-state index contributed by atoms with van der Waals surface area (Å²) in [6.45, 7) is 4.50. The number of rotatable bonds is 5. The zero-order chi connectivity index (χ0) is 13.0. The van der Waals surface area contributed by atoms with Gasteiger partial charge in [0.15, 0.2) is 0 Å². The number of benzene rings is 1. The van der Waals surface area contributed by atoms with Crippen LogP contribution in [0.5, 0.6) is 5.75 Å². The Labute approximate surface area is 111 Å². The fourth-order valence-electron chi connectivity index (χ4n) is 2.78. The van der Waals surface area contributed by atoms with Gasteiger partial charge in [0.1, 0.15) is 11.9 Å². The van der Waals surface area contributed by atoms with Crippen molar-refractivity contribution in [1.29, 1.82) is 0 Å². The van der Waals surface area contributed by atoms with E-state index >= 15 is 0 Å². The first-order chi connectivity index (χ1) is 8.76. The van der Waals surface area contributed by atoms with Crippen molar-refractivity contribution in [3.05, 3.63) is 29.8 Å². The summed E-state index contributed by atoms with van der Waals surface area (Å²) in [6.07, 6.45) is 5.15. The van der Waals surface area contributed by atoms with Crippen LogP contribution < -0.4 is 10.1 Å². The molecule has 18 heavy (non-hydrogen) atoms. The van der Waals surface area contributed by atoms with Gasteiger partial charge in [-0.25, -0.2) is 0 Å². The van der Waals surface area contributed by atoms with Crippen molar-refractivity contribution >= 4 is 0 Å². The Balaban J connectivity index is 2.13. The Morgan fingerprint density at radius 2 is 2.11 bits per heavy atom. The van der Waals surface area contributed by atoms with Gasteiger partial charge >= 0.3 is 0 Å². The number of ether oxygens (including phenoxy) is 1. The standard InChI is InChI=1S/C16H25NO/c1-4-12(2)13-8-5-6-10-15(13)18-16-11-7-9-14(16)17-3/h5-6,8,10,12,14,16-17H,4,7,9,11H2,1-3H3. The molecule has 1 aromatic carbocycles. The highest BCUT2D eigenvalue weighted by Crippen LogP contribution is 2.32. The lowest BCUT2D eigenvalue weighted by Gasteiger charge is -2.23. The van der Waals surface area contributed by atoms with E-state index in [4.69, 9.17) is 4.74 Å². The summed E-state index contributed by atoms with van der Waals surface area (Å²) in [5.74, 6) is 1.65. The summed E-state index contributed by atoms with van der Waals surface area (Å²) in [6, 6.07) is 9.01. The van der Waals surface area contributed by atoms with Crippen LogP contribution in [0.2, 0.25) is 0 Å². The molecular weight excluding hydrogens is 222 g/mol. The van der Waals surface area contributed by atoms with Gasteiger partial charge in [-0.1, -0.05) is 32.0 Å². The molecule has 0 spiro atoms. The summed E-state index contributed by atoms with van der Waals surface area (Å²) in [4.78, 5) is 0. The lowest BCUT2D eigenvalue weighted by Crippen LogP contribution is -2.36. The molecule has 0 radical (unpaired) electrons. The summed E-state index contributed by atoms with van der Waals surface area (Å²) < 4.78 is 6.27. The second-order valence-corrected chi connectivity index (χ2v) is 5.33. The van der Waals surface area contributed by atoms with E-state index in [-0.39, 0.29) is 0 Å². The molecule has 1 fully saturated rings. The Morgan fingerprint density at radius 3 is 2.83 bits per heavy atom. The maximum atomic E-state index is 6.27.